The molecule has 3 saturated heterocycles. The van der Waals surface area contributed by atoms with Crippen LogP contribution in [0.3, 0.4) is 0 Å². The third-order valence-corrected chi connectivity index (χ3v) is 6.81. The van der Waals surface area contributed by atoms with Crippen molar-refractivity contribution in [1.29, 1.82) is 0 Å². The average Bonchev–Trinajstić information content (AvgIpc) is 3.24. The Morgan fingerprint density at radius 1 is 1.38 bits per heavy atom. The van der Waals surface area contributed by atoms with E-state index < -0.39 is 0 Å². The van der Waals surface area contributed by atoms with E-state index in [-0.39, 0.29) is 5.41 Å². The van der Waals surface area contributed by atoms with Crippen molar-refractivity contribution in [3.63, 3.8) is 0 Å². The molecule has 0 amide bonds. The first-order valence-electron chi connectivity index (χ1n) is 9.10. The summed E-state index contributed by atoms with van der Waals surface area (Å²) < 4.78 is 17.5. The van der Waals surface area contributed by atoms with Crippen molar-refractivity contribution in [3.05, 3.63) is 16.1 Å². The molecular weight excluding hydrogens is 324 g/mol. The fraction of sp³-hybridized carbons (Fsp3) is 0.833. The summed E-state index contributed by atoms with van der Waals surface area (Å²) in [7, 11) is 0. The Kier molecular flexibility index (Phi) is 5.20. The summed E-state index contributed by atoms with van der Waals surface area (Å²) in [4.78, 5) is 8.35. The number of nitrogens with zero attached hydrogens (tertiary/aromatic N) is 2. The van der Waals surface area contributed by atoms with Gasteiger partial charge in [-0.25, -0.2) is 4.98 Å². The molecule has 0 aromatic carbocycles. The molecule has 6 heteroatoms. The Morgan fingerprint density at radius 3 is 3.04 bits per heavy atom. The second-order valence-electron chi connectivity index (χ2n) is 7.68. The second kappa shape index (κ2) is 7.38. The summed E-state index contributed by atoms with van der Waals surface area (Å²) in [6.07, 6.45) is 2.29. The van der Waals surface area contributed by atoms with E-state index in [0.29, 0.717) is 11.8 Å². The van der Waals surface area contributed by atoms with Gasteiger partial charge in [0.15, 0.2) is 0 Å². The molecule has 0 N–H and O–H groups in total. The molecule has 0 aliphatic carbocycles. The topological polar surface area (TPSA) is 43.8 Å². The molecule has 0 spiro atoms. The monoisotopic (exact) mass is 352 g/mol. The highest BCUT2D eigenvalue weighted by Gasteiger charge is 2.50. The summed E-state index contributed by atoms with van der Waals surface area (Å²) in [6.45, 7) is 10.6. The Labute approximate surface area is 148 Å². The molecule has 4 heterocycles. The molecule has 0 radical (unpaired) electrons. The molecule has 1 aromatic rings. The van der Waals surface area contributed by atoms with Crippen LogP contribution in [0.15, 0.2) is 5.51 Å². The van der Waals surface area contributed by atoms with Crippen LogP contribution < -0.4 is 0 Å². The van der Waals surface area contributed by atoms with Gasteiger partial charge >= 0.3 is 0 Å². The predicted molar refractivity (Wildman–Crippen MR) is 93.2 cm³/mol. The normalized spacial score (nSPS) is 31.6. The molecule has 0 unspecified atom stereocenters. The van der Waals surface area contributed by atoms with Gasteiger partial charge in [0.05, 0.1) is 31.0 Å². The number of aromatic nitrogens is 1. The van der Waals surface area contributed by atoms with Crippen LogP contribution in [0.4, 0.5) is 0 Å². The van der Waals surface area contributed by atoms with Crippen LogP contribution in [0.5, 0.6) is 0 Å². The molecule has 134 valence electrons. The lowest BCUT2D eigenvalue weighted by Crippen LogP contribution is -2.36. The largest absolute Gasteiger partial charge is 0.381 e. The van der Waals surface area contributed by atoms with Crippen LogP contribution in [-0.2, 0) is 20.8 Å². The molecule has 4 rings (SSSR count). The van der Waals surface area contributed by atoms with Gasteiger partial charge in [0, 0.05) is 55.7 Å². The standard InChI is InChI=1S/C18H28N2O3S/c1-14-17(24-13-19-14)7-20-6-16-9-23-12-18(16,10-20)11-22-8-15-2-4-21-5-3-15/h13,15-16H,2-12H2,1H3/t16-,18-/m1/s1. The fourth-order valence-electron chi connectivity index (χ4n) is 4.29. The van der Waals surface area contributed by atoms with E-state index in [1.807, 2.05) is 5.51 Å². The van der Waals surface area contributed by atoms with Gasteiger partial charge in [0.1, 0.15) is 0 Å². The van der Waals surface area contributed by atoms with Crippen molar-refractivity contribution in [2.45, 2.75) is 26.3 Å². The van der Waals surface area contributed by atoms with E-state index in [2.05, 4.69) is 16.8 Å². The van der Waals surface area contributed by atoms with Crippen LogP contribution in [0.2, 0.25) is 0 Å². The molecular formula is C18H28N2O3S. The maximum Gasteiger partial charge on any atom is 0.0798 e. The Morgan fingerprint density at radius 2 is 2.25 bits per heavy atom. The van der Waals surface area contributed by atoms with Gasteiger partial charge in [-0.3, -0.25) is 4.90 Å². The minimum Gasteiger partial charge on any atom is -0.381 e. The molecule has 3 aliphatic heterocycles. The minimum atomic E-state index is 0.198. The number of aryl methyl sites for hydroxylation is 1. The first kappa shape index (κ1) is 16.9. The number of thiazole rings is 1. The van der Waals surface area contributed by atoms with E-state index >= 15 is 0 Å². The van der Waals surface area contributed by atoms with Gasteiger partial charge < -0.3 is 14.2 Å². The van der Waals surface area contributed by atoms with Gasteiger partial charge in [0.25, 0.3) is 0 Å². The highest BCUT2D eigenvalue weighted by Crippen LogP contribution is 2.42. The summed E-state index contributed by atoms with van der Waals surface area (Å²) in [5, 5.41) is 0. The Hall–Kier alpha value is -0.530. The van der Waals surface area contributed by atoms with Crippen molar-refractivity contribution in [3.8, 4) is 0 Å². The van der Waals surface area contributed by atoms with E-state index in [0.717, 1.165) is 72.1 Å². The summed E-state index contributed by atoms with van der Waals surface area (Å²) in [5.41, 5.74) is 3.33. The van der Waals surface area contributed by atoms with Gasteiger partial charge in [-0.1, -0.05) is 0 Å². The maximum absolute atomic E-state index is 6.20. The Bertz CT molecular complexity index is 546. The third-order valence-electron chi connectivity index (χ3n) is 5.89. The summed E-state index contributed by atoms with van der Waals surface area (Å²) >= 11 is 1.77. The lowest BCUT2D eigenvalue weighted by atomic mass is 9.82. The summed E-state index contributed by atoms with van der Waals surface area (Å²) in [6, 6.07) is 0. The lowest BCUT2D eigenvalue weighted by molar-refractivity contribution is -0.0156. The van der Waals surface area contributed by atoms with Crippen LogP contribution in [0, 0.1) is 24.2 Å². The molecule has 1 aromatic heterocycles. The molecule has 3 aliphatic rings. The molecule has 24 heavy (non-hydrogen) atoms. The van der Waals surface area contributed by atoms with Crippen LogP contribution in [0.1, 0.15) is 23.4 Å². The number of rotatable bonds is 6. The zero-order chi connectivity index (χ0) is 16.4. The summed E-state index contributed by atoms with van der Waals surface area (Å²) in [5.74, 6) is 1.29. The highest BCUT2D eigenvalue weighted by molar-refractivity contribution is 7.09. The minimum absolute atomic E-state index is 0.198. The van der Waals surface area contributed by atoms with Crippen LogP contribution in [0.25, 0.3) is 0 Å². The van der Waals surface area contributed by atoms with Crippen molar-refractivity contribution >= 4 is 11.3 Å². The first-order valence-corrected chi connectivity index (χ1v) is 9.98. The van der Waals surface area contributed by atoms with E-state index in [4.69, 9.17) is 14.2 Å². The van der Waals surface area contributed by atoms with Gasteiger partial charge in [0.2, 0.25) is 0 Å². The van der Waals surface area contributed by atoms with Crippen molar-refractivity contribution in [1.82, 2.24) is 9.88 Å². The molecule has 0 saturated carbocycles. The number of hydrogen-bond donors (Lipinski definition) is 0. The van der Waals surface area contributed by atoms with E-state index in [9.17, 15) is 0 Å². The lowest BCUT2D eigenvalue weighted by Gasteiger charge is -2.29. The molecule has 2 atom stereocenters. The zero-order valence-corrected chi connectivity index (χ0v) is 15.4. The zero-order valence-electron chi connectivity index (χ0n) is 14.5. The van der Waals surface area contributed by atoms with Crippen molar-refractivity contribution in [2.24, 2.45) is 17.3 Å². The van der Waals surface area contributed by atoms with Gasteiger partial charge in [-0.15, -0.1) is 11.3 Å². The smallest absolute Gasteiger partial charge is 0.0798 e. The SMILES string of the molecule is Cc1ncsc1CN1C[C@@H]2COC[C@]2(COCC2CCOCC2)C1. The van der Waals surface area contributed by atoms with Crippen molar-refractivity contribution in [2.75, 3.05) is 52.7 Å². The van der Waals surface area contributed by atoms with Crippen molar-refractivity contribution < 1.29 is 14.2 Å². The molecule has 5 nitrogen and oxygen atoms in total. The quantitative estimate of drug-likeness (QED) is 0.786. The van der Waals surface area contributed by atoms with Gasteiger partial charge in [-0.2, -0.15) is 0 Å². The number of ether oxygens (including phenoxy) is 3. The fourth-order valence-corrected chi connectivity index (χ4v) is 5.11. The third kappa shape index (κ3) is 3.53. The first-order chi connectivity index (χ1) is 11.8. The van der Waals surface area contributed by atoms with Crippen LogP contribution >= 0.6 is 11.3 Å². The highest BCUT2D eigenvalue weighted by atomic mass is 32.1. The Balaban J connectivity index is 1.31. The van der Waals surface area contributed by atoms with E-state index in [1.165, 1.54) is 10.6 Å². The molecule has 3 fully saturated rings. The molecule has 0 bridgehead atoms. The number of hydrogen-bond acceptors (Lipinski definition) is 6. The average molecular weight is 353 g/mol. The second-order valence-corrected chi connectivity index (χ2v) is 8.62. The maximum atomic E-state index is 6.20. The van der Waals surface area contributed by atoms with E-state index in [1.54, 1.807) is 11.3 Å². The number of likely N-dealkylation sites (tertiary alicyclic amines) is 1. The number of fused-ring (bicyclic) bond motifs is 1. The van der Waals surface area contributed by atoms with Gasteiger partial charge in [-0.05, 0) is 25.7 Å². The predicted octanol–water partition coefficient (Wildman–Crippen LogP) is 2.34. The van der Waals surface area contributed by atoms with Crippen LogP contribution in [-0.4, -0.2) is 62.6 Å².